The maximum absolute atomic E-state index is 14.4. The van der Waals surface area contributed by atoms with Crippen LogP contribution in [0.4, 0.5) is 0 Å². The summed E-state index contributed by atoms with van der Waals surface area (Å²) >= 11 is 0.717. The molecule has 5 heterocycles. The second-order valence-corrected chi connectivity index (χ2v) is 16.8. The second-order valence-electron chi connectivity index (χ2n) is 13.1. The number of imidazole rings is 2. The molecule has 12 rings (SSSR count). The Labute approximate surface area is 302 Å². The molecule has 0 fully saturated rings. The average molecular weight is 775 g/mol. The van der Waals surface area contributed by atoms with E-state index in [4.69, 9.17) is 14.4 Å². The Hall–Kier alpha value is -5.99. The van der Waals surface area contributed by atoms with E-state index in [-0.39, 0.29) is 38.4 Å². The SMILES string of the molecule is O=c1c2cc3c4c5c(cc6c7c(ccc(c8ccc(c2c84)c2nc4ccc(S(=O)(=O)O)cc4n12)c57)c(=O)n1c2cc(SOOO)ccc2nc61)S(=O)(=O)O3. The van der Waals surface area contributed by atoms with Crippen LogP contribution in [0.1, 0.15) is 0 Å². The summed E-state index contributed by atoms with van der Waals surface area (Å²) in [6.45, 7) is 0. The molecule has 7 aromatic carbocycles. The Bertz CT molecular complexity index is 3960. The minimum absolute atomic E-state index is 0.0805. The van der Waals surface area contributed by atoms with Gasteiger partial charge in [0.25, 0.3) is 21.2 Å². The number of hydrogen-bond acceptors (Lipinski definition) is 13. The van der Waals surface area contributed by atoms with Crippen molar-refractivity contribution in [2.24, 2.45) is 0 Å². The van der Waals surface area contributed by atoms with Gasteiger partial charge in [0.05, 0.1) is 44.4 Å². The molecule has 0 bridgehead atoms. The lowest BCUT2D eigenvalue weighted by Crippen LogP contribution is -2.18. The molecule has 1 aliphatic rings. The molecule has 15 nitrogen and oxygen atoms in total. The van der Waals surface area contributed by atoms with Crippen molar-refractivity contribution in [3.05, 3.63) is 93.5 Å². The second kappa shape index (κ2) is 9.56. The summed E-state index contributed by atoms with van der Waals surface area (Å²) in [5.74, 6) is -0.0805. The average Bonchev–Trinajstić information content (AvgIpc) is 3.73. The molecule has 18 heteroatoms. The molecular weight excluding hydrogens is 761 g/mol. The monoisotopic (exact) mass is 774 g/mol. The first-order valence-electron chi connectivity index (χ1n) is 15.9. The van der Waals surface area contributed by atoms with Gasteiger partial charge in [0.2, 0.25) is 0 Å². The van der Waals surface area contributed by atoms with E-state index in [1.807, 2.05) is 6.07 Å². The van der Waals surface area contributed by atoms with Gasteiger partial charge in [0, 0.05) is 53.4 Å². The van der Waals surface area contributed by atoms with Gasteiger partial charge < -0.3 is 4.18 Å². The molecule has 1 aliphatic heterocycles. The first-order chi connectivity index (χ1) is 25.9. The largest absolute Gasteiger partial charge is 0.378 e. The van der Waals surface area contributed by atoms with Gasteiger partial charge in [-0.3, -0.25) is 22.9 Å². The van der Waals surface area contributed by atoms with Crippen LogP contribution in [0.2, 0.25) is 0 Å². The van der Waals surface area contributed by atoms with E-state index in [2.05, 4.69) is 14.4 Å². The number of hydrogen-bond donors (Lipinski definition) is 2. The molecular formula is C36H14N4O11S3. The molecule has 262 valence electrons. The number of fused-ring (bicyclic) bond motifs is 9. The van der Waals surface area contributed by atoms with Crippen LogP contribution >= 0.6 is 12.0 Å². The predicted octanol–water partition coefficient (Wildman–Crippen LogP) is 6.00. The van der Waals surface area contributed by atoms with E-state index in [0.29, 0.717) is 92.7 Å². The molecule has 0 amide bonds. The summed E-state index contributed by atoms with van der Waals surface area (Å²) in [6.07, 6.45) is 0. The molecule has 0 radical (unpaired) electrons. The smallest absolute Gasteiger partial charge is 0.339 e. The van der Waals surface area contributed by atoms with E-state index in [9.17, 15) is 31.0 Å². The normalized spacial score (nSPS) is 14.7. The van der Waals surface area contributed by atoms with Gasteiger partial charge in [0.1, 0.15) is 16.2 Å². The number of aromatic nitrogens is 4. The molecule has 54 heavy (non-hydrogen) atoms. The van der Waals surface area contributed by atoms with Gasteiger partial charge in [-0.2, -0.15) is 16.8 Å². The van der Waals surface area contributed by atoms with Gasteiger partial charge in [-0.15, -0.1) is 4.33 Å². The maximum atomic E-state index is 14.4. The Morgan fingerprint density at radius 3 is 2.00 bits per heavy atom. The molecule has 0 spiro atoms. The molecule has 0 aliphatic carbocycles. The van der Waals surface area contributed by atoms with Crippen molar-refractivity contribution in [3.8, 4) is 5.75 Å². The standard InChI is InChI=1S/C36H14N4O11S3/c41-35-18-6-4-16-15-3-5-17-27-20(36(42)40-24-10-14(53(44,45)46)2-8-22(24)37-33(17)40)11-25-31(29(15)27)32-26(54(47,48)49-25)12-19(28(18)30(16)32)34-38-21-7-1-13(52-51-50-43)9-23(21)39(34)35/h1-12,43H,(H,44,45,46). The Kier molecular flexibility index (Phi) is 5.40. The topological polar surface area (TPSA) is 205 Å². The lowest BCUT2D eigenvalue weighted by Gasteiger charge is -2.25. The van der Waals surface area contributed by atoms with Crippen molar-refractivity contribution in [2.45, 2.75) is 14.7 Å². The van der Waals surface area contributed by atoms with E-state index in [0.717, 1.165) is 6.07 Å². The van der Waals surface area contributed by atoms with Crippen molar-refractivity contribution in [1.82, 2.24) is 18.8 Å². The number of benzene rings is 7. The van der Waals surface area contributed by atoms with Crippen LogP contribution in [0.25, 0.3) is 98.0 Å². The Balaban J connectivity index is 1.29. The zero-order chi connectivity index (χ0) is 36.7. The third-order valence-corrected chi connectivity index (χ3v) is 13.2. The first-order valence-corrected chi connectivity index (χ1v) is 19.5. The van der Waals surface area contributed by atoms with Gasteiger partial charge >= 0.3 is 10.1 Å². The summed E-state index contributed by atoms with van der Waals surface area (Å²) in [5, 5.41) is 17.9. The van der Waals surface area contributed by atoms with Gasteiger partial charge in [0.15, 0.2) is 5.75 Å². The number of pyridine rings is 2. The van der Waals surface area contributed by atoms with Crippen LogP contribution in [-0.4, -0.2) is 45.4 Å². The summed E-state index contributed by atoms with van der Waals surface area (Å²) in [5.41, 5.74) is 0.788. The summed E-state index contributed by atoms with van der Waals surface area (Å²) in [4.78, 5) is 38.2. The van der Waals surface area contributed by atoms with Crippen LogP contribution in [-0.2, 0) is 29.6 Å². The lowest BCUT2D eigenvalue weighted by atomic mass is 9.85. The van der Waals surface area contributed by atoms with E-state index in [1.54, 1.807) is 36.4 Å². The molecule has 0 saturated heterocycles. The van der Waals surface area contributed by atoms with E-state index >= 15 is 0 Å². The highest BCUT2D eigenvalue weighted by Crippen LogP contribution is 2.53. The highest BCUT2D eigenvalue weighted by molar-refractivity contribution is 7.94. The quantitative estimate of drug-likeness (QED) is 0.0401. The fourth-order valence-corrected chi connectivity index (χ4v) is 10.6. The van der Waals surface area contributed by atoms with Crippen molar-refractivity contribution < 1.29 is 40.2 Å². The van der Waals surface area contributed by atoms with Gasteiger partial charge in [-0.1, -0.05) is 17.2 Å². The fourth-order valence-electron chi connectivity index (χ4n) is 8.55. The first kappa shape index (κ1) is 30.5. The van der Waals surface area contributed by atoms with E-state index in [1.165, 1.54) is 33.1 Å². The predicted molar refractivity (Wildman–Crippen MR) is 198 cm³/mol. The van der Waals surface area contributed by atoms with Crippen molar-refractivity contribution in [3.63, 3.8) is 0 Å². The van der Waals surface area contributed by atoms with Gasteiger partial charge in [-0.05, 0) is 71.4 Å². The highest BCUT2D eigenvalue weighted by Gasteiger charge is 2.35. The Morgan fingerprint density at radius 2 is 1.28 bits per heavy atom. The third-order valence-electron chi connectivity index (χ3n) is 10.6. The zero-order valence-corrected chi connectivity index (χ0v) is 29.0. The fraction of sp³-hybridized carbons (Fsp3) is 0. The van der Waals surface area contributed by atoms with Crippen LogP contribution in [0.3, 0.4) is 0 Å². The zero-order valence-electron chi connectivity index (χ0n) is 26.5. The highest BCUT2D eigenvalue weighted by atomic mass is 32.2. The van der Waals surface area contributed by atoms with Crippen molar-refractivity contribution >= 4 is 130 Å². The van der Waals surface area contributed by atoms with Crippen LogP contribution in [0.5, 0.6) is 5.75 Å². The molecule has 0 saturated carbocycles. The summed E-state index contributed by atoms with van der Waals surface area (Å²) in [6, 6.07) is 18.7. The van der Waals surface area contributed by atoms with Crippen molar-refractivity contribution in [2.75, 3.05) is 0 Å². The van der Waals surface area contributed by atoms with Crippen LogP contribution in [0.15, 0.2) is 97.1 Å². The lowest BCUT2D eigenvalue weighted by molar-refractivity contribution is -0.432. The van der Waals surface area contributed by atoms with Gasteiger partial charge in [-0.25, -0.2) is 15.2 Å². The van der Waals surface area contributed by atoms with E-state index < -0.39 is 30.7 Å². The Morgan fingerprint density at radius 1 is 0.667 bits per heavy atom. The number of nitrogens with zero attached hydrogens (tertiary/aromatic N) is 4. The van der Waals surface area contributed by atoms with Crippen LogP contribution < -0.4 is 15.3 Å². The summed E-state index contributed by atoms with van der Waals surface area (Å²) in [7, 11) is -9.13. The molecule has 11 aromatic rings. The summed E-state index contributed by atoms with van der Waals surface area (Å²) < 4.78 is 75.1. The van der Waals surface area contributed by atoms with Crippen LogP contribution in [0, 0.1) is 0 Å². The molecule has 0 atom stereocenters. The minimum atomic E-state index is -4.61. The van der Waals surface area contributed by atoms with Crippen molar-refractivity contribution in [1.29, 1.82) is 0 Å². The molecule has 4 aromatic heterocycles. The molecule has 2 N–H and O–H groups in total. The third kappa shape index (κ3) is 3.51. The number of rotatable bonds is 4. The molecule has 0 unspecified atom stereocenters. The maximum Gasteiger partial charge on any atom is 0.339 e. The minimum Gasteiger partial charge on any atom is -0.378 e.